The predicted octanol–water partition coefficient (Wildman–Crippen LogP) is 3.95. The lowest BCUT2D eigenvalue weighted by atomic mass is 10.0. The molecule has 7 nitrogen and oxygen atoms in total. The van der Waals surface area contributed by atoms with Gasteiger partial charge in [0.15, 0.2) is 6.73 Å². The van der Waals surface area contributed by atoms with Gasteiger partial charge in [0.25, 0.3) is 5.91 Å². The van der Waals surface area contributed by atoms with Crippen LogP contribution in [-0.4, -0.2) is 27.5 Å². The van der Waals surface area contributed by atoms with Crippen molar-refractivity contribution in [2.45, 2.75) is 33.1 Å². The Morgan fingerprint density at radius 1 is 1.19 bits per heavy atom. The van der Waals surface area contributed by atoms with E-state index in [0.29, 0.717) is 34.1 Å². The minimum atomic E-state index is -0.800. The summed E-state index contributed by atoms with van der Waals surface area (Å²) < 4.78 is 33.5. The van der Waals surface area contributed by atoms with Crippen molar-refractivity contribution < 1.29 is 23.1 Å². The number of halogens is 2. The van der Waals surface area contributed by atoms with Crippen LogP contribution in [0, 0.1) is 25.5 Å². The lowest BCUT2D eigenvalue weighted by molar-refractivity contribution is -0.125. The highest BCUT2D eigenvalue weighted by atomic mass is 19.1. The molecule has 1 N–H and O–H groups in total. The summed E-state index contributed by atoms with van der Waals surface area (Å²) >= 11 is 0. The Bertz CT molecular complexity index is 1140. The number of hydrogen-bond donors (Lipinski definition) is 1. The SMILES string of the molecule is Cc1nn(COc2cccc(F)c2)c(C)c1NC(=O)C1CC(c2ccc(F)cc2)=NO1. The highest BCUT2D eigenvalue weighted by Crippen LogP contribution is 2.23. The first-order chi connectivity index (χ1) is 14.9. The van der Waals surface area contributed by atoms with Gasteiger partial charge < -0.3 is 14.9 Å². The van der Waals surface area contributed by atoms with Gasteiger partial charge in [-0.1, -0.05) is 23.4 Å². The summed E-state index contributed by atoms with van der Waals surface area (Å²) in [6.45, 7) is 3.61. The van der Waals surface area contributed by atoms with E-state index in [4.69, 9.17) is 9.57 Å². The molecule has 1 amide bonds. The number of nitrogens with zero attached hydrogens (tertiary/aromatic N) is 3. The summed E-state index contributed by atoms with van der Waals surface area (Å²) in [7, 11) is 0. The Morgan fingerprint density at radius 3 is 2.71 bits per heavy atom. The quantitative estimate of drug-likeness (QED) is 0.648. The molecule has 160 valence electrons. The smallest absolute Gasteiger partial charge is 0.268 e. The van der Waals surface area contributed by atoms with Crippen LogP contribution in [0.4, 0.5) is 14.5 Å². The van der Waals surface area contributed by atoms with E-state index in [2.05, 4.69) is 15.6 Å². The number of carbonyl (C=O) groups excluding carboxylic acids is 1. The number of amides is 1. The molecule has 1 atom stereocenters. The topological polar surface area (TPSA) is 77.7 Å². The third kappa shape index (κ3) is 4.55. The molecule has 3 aromatic rings. The molecule has 0 bridgehead atoms. The number of benzene rings is 2. The van der Waals surface area contributed by atoms with Gasteiger partial charge in [0, 0.05) is 12.5 Å². The van der Waals surface area contributed by atoms with Crippen LogP contribution in [0.15, 0.2) is 53.7 Å². The molecule has 2 heterocycles. The van der Waals surface area contributed by atoms with Gasteiger partial charge in [0.05, 0.1) is 22.8 Å². The molecule has 2 aromatic carbocycles. The third-order valence-corrected chi connectivity index (χ3v) is 4.92. The average molecular weight is 426 g/mol. The molecule has 9 heteroatoms. The minimum absolute atomic E-state index is 0.0593. The van der Waals surface area contributed by atoms with Crippen LogP contribution in [0.2, 0.25) is 0 Å². The molecule has 1 aliphatic heterocycles. The molecule has 0 radical (unpaired) electrons. The summed E-state index contributed by atoms with van der Waals surface area (Å²) in [6.07, 6.45) is -0.530. The zero-order valence-corrected chi connectivity index (χ0v) is 16.9. The van der Waals surface area contributed by atoms with Gasteiger partial charge in [0.1, 0.15) is 17.4 Å². The van der Waals surface area contributed by atoms with Gasteiger partial charge in [-0.3, -0.25) is 4.79 Å². The molecular weight excluding hydrogens is 406 g/mol. The fraction of sp³-hybridized carbons (Fsp3) is 0.227. The standard InChI is InChI=1S/C22H20F2N4O3/c1-13-21(14(2)28(26-13)12-30-18-5-3-4-17(24)10-18)25-22(29)20-11-19(27-31-20)15-6-8-16(23)9-7-15/h3-10,20H,11-12H2,1-2H3,(H,25,29). The molecule has 4 rings (SSSR count). The van der Waals surface area contributed by atoms with Gasteiger partial charge in [-0.05, 0) is 43.7 Å². The fourth-order valence-electron chi connectivity index (χ4n) is 3.23. The fourth-order valence-corrected chi connectivity index (χ4v) is 3.23. The number of ether oxygens (including phenoxy) is 1. The van der Waals surface area contributed by atoms with E-state index < -0.39 is 11.9 Å². The Morgan fingerprint density at radius 2 is 1.97 bits per heavy atom. The van der Waals surface area contributed by atoms with Crippen molar-refractivity contribution in [3.8, 4) is 5.75 Å². The molecule has 1 unspecified atom stereocenters. The van der Waals surface area contributed by atoms with Crippen LogP contribution in [0.3, 0.4) is 0 Å². The second-order valence-corrected chi connectivity index (χ2v) is 7.11. The zero-order valence-electron chi connectivity index (χ0n) is 16.9. The summed E-state index contributed by atoms with van der Waals surface area (Å²) in [6, 6.07) is 11.7. The van der Waals surface area contributed by atoms with E-state index in [1.165, 1.54) is 24.3 Å². The van der Waals surface area contributed by atoms with E-state index in [1.807, 2.05) is 0 Å². The van der Waals surface area contributed by atoms with Gasteiger partial charge in [-0.25, -0.2) is 13.5 Å². The number of aromatic nitrogens is 2. The van der Waals surface area contributed by atoms with Crippen LogP contribution < -0.4 is 10.1 Å². The minimum Gasteiger partial charge on any atom is -0.471 e. The van der Waals surface area contributed by atoms with E-state index >= 15 is 0 Å². The third-order valence-electron chi connectivity index (χ3n) is 4.92. The number of rotatable bonds is 6. The normalized spacial score (nSPS) is 15.4. The molecule has 1 aromatic heterocycles. The van der Waals surface area contributed by atoms with Crippen LogP contribution in [0.1, 0.15) is 23.4 Å². The molecule has 0 spiro atoms. The Labute approximate surface area is 177 Å². The second kappa shape index (κ2) is 8.55. The molecule has 31 heavy (non-hydrogen) atoms. The van der Waals surface area contributed by atoms with Crippen molar-refractivity contribution in [1.82, 2.24) is 9.78 Å². The second-order valence-electron chi connectivity index (χ2n) is 7.11. The summed E-state index contributed by atoms with van der Waals surface area (Å²) in [4.78, 5) is 18.0. The van der Waals surface area contributed by atoms with Gasteiger partial charge in [-0.15, -0.1) is 0 Å². The Hall–Kier alpha value is -3.75. The Kier molecular flexibility index (Phi) is 5.66. The maximum absolute atomic E-state index is 13.3. The highest BCUT2D eigenvalue weighted by Gasteiger charge is 2.30. The summed E-state index contributed by atoms with van der Waals surface area (Å²) in [5, 5.41) is 11.2. The number of oxime groups is 1. The molecule has 0 fully saturated rings. The Balaban J connectivity index is 1.39. The number of anilines is 1. The van der Waals surface area contributed by atoms with Crippen molar-refractivity contribution in [3.63, 3.8) is 0 Å². The van der Waals surface area contributed by atoms with E-state index in [9.17, 15) is 13.6 Å². The van der Waals surface area contributed by atoms with Crippen LogP contribution >= 0.6 is 0 Å². The molecular formula is C22H20F2N4O3. The van der Waals surface area contributed by atoms with E-state index in [-0.39, 0.29) is 24.9 Å². The van der Waals surface area contributed by atoms with Crippen molar-refractivity contribution in [3.05, 3.63) is 77.1 Å². The molecule has 0 saturated carbocycles. The number of carbonyl (C=O) groups is 1. The van der Waals surface area contributed by atoms with Gasteiger partial charge in [0.2, 0.25) is 6.10 Å². The van der Waals surface area contributed by atoms with Crippen molar-refractivity contribution >= 4 is 17.3 Å². The number of hydrogen-bond acceptors (Lipinski definition) is 5. The van der Waals surface area contributed by atoms with Crippen molar-refractivity contribution in [2.24, 2.45) is 5.16 Å². The van der Waals surface area contributed by atoms with Crippen LogP contribution in [-0.2, 0) is 16.4 Å². The van der Waals surface area contributed by atoms with Gasteiger partial charge >= 0.3 is 0 Å². The van der Waals surface area contributed by atoms with E-state index in [1.54, 1.807) is 42.8 Å². The first-order valence-electron chi connectivity index (χ1n) is 9.62. The van der Waals surface area contributed by atoms with Crippen LogP contribution in [0.25, 0.3) is 0 Å². The average Bonchev–Trinajstić information content (AvgIpc) is 3.34. The van der Waals surface area contributed by atoms with E-state index in [0.717, 1.165) is 0 Å². The zero-order chi connectivity index (χ0) is 22.0. The lowest BCUT2D eigenvalue weighted by Gasteiger charge is -2.11. The largest absolute Gasteiger partial charge is 0.471 e. The first kappa shape index (κ1) is 20.5. The summed E-state index contributed by atoms with van der Waals surface area (Å²) in [5.74, 6) is -0.722. The molecule has 1 aliphatic rings. The molecule has 0 aliphatic carbocycles. The van der Waals surface area contributed by atoms with Gasteiger partial charge in [-0.2, -0.15) is 5.10 Å². The molecule has 0 saturated heterocycles. The van der Waals surface area contributed by atoms with Crippen molar-refractivity contribution in [2.75, 3.05) is 5.32 Å². The van der Waals surface area contributed by atoms with Crippen molar-refractivity contribution in [1.29, 1.82) is 0 Å². The number of nitrogens with one attached hydrogen (secondary N) is 1. The van der Waals surface area contributed by atoms with Crippen LogP contribution in [0.5, 0.6) is 5.75 Å². The summed E-state index contributed by atoms with van der Waals surface area (Å²) in [5.41, 5.74) is 3.11. The maximum Gasteiger partial charge on any atom is 0.268 e. The highest BCUT2D eigenvalue weighted by molar-refractivity contribution is 6.06. The number of aryl methyl sites for hydroxylation is 1. The maximum atomic E-state index is 13.3. The lowest BCUT2D eigenvalue weighted by Crippen LogP contribution is -2.28. The predicted molar refractivity (Wildman–Crippen MR) is 110 cm³/mol. The first-order valence-corrected chi connectivity index (χ1v) is 9.62. The monoisotopic (exact) mass is 426 g/mol.